The van der Waals surface area contributed by atoms with Crippen LogP contribution in [0.4, 0.5) is 5.69 Å². The summed E-state index contributed by atoms with van der Waals surface area (Å²) in [6.45, 7) is 4.07. The Bertz CT molecular complexity index is 732. The molecule has 0 aliphatic carbocycles. The predicted octanol–water partition coefficient (Wildman–Crippen LogP) is 2.88. The van der Waals surface area contributed by atoms with Gasteiger partial charge < -0.3 is 14.4 Å². The Morgan fingerprint density at radius 2 is 1.84 bits per heavy atom. The monoisotopic (exact) mass is 336 g/mol. The molecule has 5 heteroatoms. The lowest BCUT2D eigenvalue weighted by atomic mass is 10.1. The number of hydrogen-bond donors (Lipinski definition) is 0. The Kier molecular flexibility index (Phi) is 5.73. The summed E-state index contributed by atoms with van der Waals surface area (Å²) < 4.78 is 2.11. The molecule has 2 aromatic rings. The molecule has 0 bridgehead atoms. The Morgan fingerprint density at radius 3 is 2.64 bits per heavy atom. The molecule has 1 amide bonds. The van der Waals surface area contributed by atoms with Crippen LogP contribution in [-0.2, 0) is 11.3 Å². The van der Waals surface area contributed by atoms with E-state index in [9.17, 15) is 10.1 Å². The van der Waals surface area contributed by atoms with Crippen molar-refractivity contribution >= 4 is 11.6 Å². The molecule has 130 valence electrons. The van der Waals surface area contributed by atoms with Crippen molar-refractivity contribution in [2.45, 2.75) is 25.8 Å². The van der Waals surface area contributed by atoms with Crippen LogP contribution in [0.3, 0.4) is 0 Å². The van der Waals surface area contributed by atoms with Gasteiger partial charge in [0.1, 0.15) is 6.07 Å². The lowest BCUT2D eigenvalue weighted by molar-refractivity contribution is -0.131. The van der Waals surface area contributed by atoms with Gasteiger partial charge in [-0.05, 0) is 37.1 Å². The van der Waals surface area contributed by atoms with Crippen LogP contribution in [0.1, 0.15) is 24.8 Å². The fraction of sp³-hybridized carbons (Fsp3) is 0.400. The summed E-state index contributed by atoms with van der Waals surface area (Å²) >= 11 is 0. The van der Waals surface area contributed by atoms with Gasteiger partial charge in [-0.1, -0.05) is 12.1 Å². The summed E-state index contributed by atoms with van der Waals surface area (Å²) in [5, 5.41) is 9.29. The summed E-state index contributed by atoms with van der Waals surface area (Å²) in [6.07, 6.45) is 6.45. The van der Waals surface area contributed by atoms with E-state index in [4.69, 9.17) is 0 Å². The highest BCUT2D eigenvalue weighted by Crippen LogP contribution is 2.21. The number of carbonyl (C=O) groups excluding carboxylic acids is 1. The van der Waals surface area contributed by atoms with E-state index in [0.29, 0.717) is 12.0 Å². The highest BCUT2D eigenvalue weighted by atomic mass is 16.2. The second-order valence-corrected chi connectivity index (χ2v) is 6.37. The number of para-hydroxylation sites is 1. The molecule has 1 saturated heterocycles. The van der Waals surface area contributed by atoms with E-state index in [1.54, 1.807) is 0 Å². The number of amides is 1. The molecule has 0 spiro atoms. The molecule has 1 fully saturated rings. The van der Waals surface area contributed by atoms with Gasteiger partial charge in [0.25, 0.3) is 0 Å². The summed E-state index contributed by atoms with van der Waals surface area (Å²) in [7, 11) is 0. The summed E-state index contributed by atoms with van der Waals surface area (Å²) in [5.41, 5.74) is 1.68. The maximum atomic E-state index is 12.5. The van der Waals surface area contributed by atoms with E-state index in [1.807, 2.05) is 53.7 Å². The zero-order valence-corrected chi connectivity index (χ0v) is 14.5. The van der Waals surface area contributed by atoms with Gasteiger partial charge in [0.05, 0.1) is 11.3 Å². The third kappa shape index (κ3) is 4.42. The molecule has 2 heterocycles. The molecule has 25 heavy (non-hydrogen) atoms. The third-order valence-corrected chi connectivity index (χ3v) is 4.69. The number of benzene rings is 1. The topological polar surface area (TPSA) is 52.3 Å². The SMILES string of the molecule is N#Cc1ccccc1N1CCCN(C(=O)CCCn2cccc2)CC1. The number of anilines is 1. The van der Waals surface area contributed by atoms with Crippen molar-refractivity contribution in [3.63, 3.8) is 0 Å². The number of aromatic nitrogens is 1. The van der Waals surface area contributed by atoms with Crippen LogP contribution in [0.15, 0.2) is 48.8 Å². The first-order valence-electron chi connectivity index (χ1n) is 8.90. The van der Waals surface area contributed by atoms with Crippen LogP contribution >= 0.6 is 0 Å². The molecule has 5 nitrogen and oxygen atoms in total. The van der Waals surface area contributed by atoms with E-state index in [0.717, 1.165) is 51.3 Å². The summed E-state index contributed by atoms with van der Waals surface area (Å²) in [5.74, 6) is 0.238. The Morgan fingerprint density at radius 1 is 1.04 bits per heavy atom. The van der Waals surface area contributed by atoms with Crippen molar-refractivity contribution < 1.29 is 4.79 Å². The van der Waals surface area contributed by atoms with Crippen LogP contribution in [0.25, 0.3) is 0 Å². The first-order valence-corrected chi connectivity index (χ1v) is 8.90. The van der Waals surface area contributed by atoms with Crippen molar-refractivity contribution in [3.8, 4) is 6.07 Å². The van der Waals surface area contributed by atoms with E-state index in [-0.39, 0.29) is 5.91 Å². The number of rotatable bonds is 5. The predicted molar refractivity (Wildman–Crippen MR) is 98.2 cm³/mol. The molecule has 0 saturated carbocycles. The van der Waals surface area contributed by atoms with Crippen LogP contribution in [0.5, 0.6) is 0 Å². The van der Waals surface area contributed by atoms with Crippen LogP contribution in [-0.4, -0.2) is 41.6 Å². The molecule has 0 unspecified atom stereocenters. The Balaban J connectivity index is 1.52. The summed E-state index contributed by atoms with van der Waals surface area (Å²) in [6, 6.07) is 14.0. The fourth-order valence-corrected chi connectivity index (χ4v) is 3.34. The first-order chi connectivity index (χ1) is 12.3. The quantitative estimate of drug-likeness (QED) is 0.844. The van der Waals surface area contributed by atoms with E-state index >= 15 is 0 Å². The van der Waals surface area contributed by atoms with Gasteiger partial charge in [-0.2, -0.15) is 5.26 Å². The second-order valence-electron chi connectivity index (χ2n) is 6.37. The molecule has 0 N–H and O–H groups in total. The van der Waals surface area contributed by atoms with Gasteiger partial charge >= 0.3 is 0 Å². The van der Waals surface area contributed by atoms with Gasteiger partial charge in [0.15, 0.2) is 0 Å². The molecule has 3 rings (SSSR count). The number of nitriles is 1. The van der Waals surface area contributed by atoms with Gasteiger partial charge in [-0.15, -0.1) is 0 Å². The lowest BCUT2D eigenvalue weighted by Crippen LogP contribution is -2.35. The molecule has 1 aliphatic rings. The van der Waals surface area contributed by atoms with Gasteiger partial charge in [0, 0.05) is 51.5 Å². The molecule has 0 atom stereocenters. The number of hydrogen-bond acceptors (Lipinski definition) is 3. The Hall–Kier alpha value is -2.74. The average molecular weight is 336 g/mol. The zero-order valence-electron chi connectivity index (χ0n) is 14.5. The zero-order chi connectivity index (χ0) is 17.5. The van der Waals surface area contributed by atoms with Crippen molar-refractivity contribution in [1.29, 1.82) is 5.26 Å². The molecule has 1 aromatic carbocycles. The highest BCUT2D eigenvalue weighted by molar-refractivity contribution is 5.76. The van der Waals surface area contributed by atoms with Crippen LogP contribution in [0, 0.1) is 11.3 Å². The van der Waals surface area contributed by atoms with E-state index in [1.165, 1.54) is 0 Å². The van der Waals surface area contributed by atoms with Crippen LogP contribution < -0.4 is 4.90 Å². The lowest BCUT2D eigenvalue weighted by Gasteiger charge is -2.24. The number of carbonyl (C=O) groups is 1. The molecule has 1 aliphatic heterocycles. The van der Waals surface area contributed by atoms with Crippen molar-refractivity contribution in [2.75, 3.05) is 31.1 Å². The first kappa shape index (κ1) is 17.1. The maximum Gasteiger partial charge on any atom is 0.222 e. The Labute approximate surface area is 149 Å². The van der Waals surface area contributed by atoms with E-state index < -0.39 is 0 Å². The maximum absolute atomic E-state index is 12.5. The molecule has 1 aromatic heterocycles. The summed E-state index contributed by atoms with van der Waals surface area (Å²) in [4.78, 5) is 16.7. The van der Waals surface area contributed by atoms with Gasteiger partial charge in [0.2, 0.25) is 5.91 Å². The fourth-order valence-electron chi connectivity index (χ4n) is 3.34. The minimum absolute atomic E-state index is 0.238. The number of nitrogens with zero attached hydrogens (tertiary/aromatic N) is 4. The smallest absolute Gasteiger partial charge is 0.222 e. The standard InChI is InChI=1S/C20H24N4O/c21-17-18-7-1-2-8-19(18)23-13-6-14-24(16-15-23)20(25)9-5-12-22-10-3-4-11-22/h1-4,7-8,10-11H,5-6,9,12-16H2. The van der Waals surface area contributed by atoms with E-state index in [2.05, 4.69) is 15.5 Å². The van der Waals surface area contributed by atoms with Crippen molar-refractivity contribution in [3.05, 3.63) is 54.4 Å². The molecular weight excluding hydrogens is 312 g/mol. The third-order valence-electron chi connectivity index (χ3n) is 4.69. The molecule has 0 radical (unpaired) electrons. The molecular formula is C20H24N4O. The minimum Gasteiger partial charge on any atom is -0.369 e. The second kappa shape index (κ2) is 8.39. The normalized spacial score (nSPS) is 14.8. The highest BCUT2D eigenvalue weighted by Gasteiger charge is 2.20. The van der Waals surface area contributed by atoms with Crippen molar-refractivity contribution in [2.24, 2.45) is 0 Å². The minimum atomic E-state index is 0.238. The largest absolute Gasteiger partial charge is 0.369 e. The number of aryl methyl sites for hydroxylation is 1. The van der Waals surface area contributed by atoms with Gasteiger partial charge in [-0.3, -0.25) is 4.79 Å². The van der Waals surface area contributed by atoms with Crippen molar-refractivity contribution in [1.82, 2.24) is 9.47 Å². The van der Waals surface area contributed by atoms with Crippen LogP contribution in [0.2, 0.25) is 0 Å². The average Bonchev–Trinajstić information content (AvgIpc) is 3.04. The van der Waals surface area contributed by atoms with Gasteiger partial charge in [-0.25, -0.2) is 0 Å².